The molecule has 6 nitrogen and oxygen atoms in total. The molecular formula is C26H27NO5. The third-order valence-corrected chi connectivity index (χ3v) is 4.83. The van der Waals surface area contributed by atoms with E-state index in [1.807, 2.05) is 30.3 Å². The van der Waals surface area contributed by atoms with Gasteiger partial charge in [-0.1, -0.05) is 42.5 Å². The van der Waals surface area contributed by atoms with Gasteiger partial charge in [-0.05, 0) is 61.4 Å². The normalized spacial score (nSPS) is 12.1. The molecule has 0 saturated carbocycles. The topological polar surface area (TPSA) is 81.7 Å². The number of benzene rings is 3. The Morgan fingerprint density at radius 2 is 1.50 bits per heavy atom. The van der Waals surface area contributed by atoms with Crippen LogP contribution >= 0.6 is 0 Å². The lowest BCUT2D eigenvalue weighted by molar-refractivity contribution is -0.142. The zero-order valence-corrected chi connectivity index (χ0v) is 18.7. The quantitative estimate of drug-likeness (QED) is 0.586. The molecule has 166 valence electrons. The van der Waals surface area contributed by atoms with Crippen LogP contribution in [0.3, 0.4) is 0 Å². The van der Waals surface area contributed by atoms with Gasteiger partial charge in [-0.15, -0.1) is 0 Å². The van der Waals surface area contributed by atoms with E-state index < -0.39 is 23.6 Å². The number of carbonyl (C=O) groups excluding carboxylic acids is 3. The molecular weight excluding hydrogens is 406 g/mol. The molecule has 0 bridgehead atoms. The molecule has 0 aliphatic heterocycles. The van der Waals surface area contributed by atoms with Crippen molar-refractivity contribution >= 4 is 28.6 Å². The number of rotatable bonds is 6. The molecule has 0 fully saturated rings. The first-order chi connectivity index (χ1) is 15.2. The Morgan fingerprint density at radius 3 is 2.12 bits per heavy atom. The predicted molar refractivity (Wildman–Crippen MR) is 123 cm³/mol. The highest BCUT2D eigenvalue weighted by molar-refractivity contribution is 6.00. The molecule has 0 aromatic heterocycles. The summed E-state index contributed by atoms with van der Waals surface area (Å²) >= 11 is 0. The molecule has 0 unspecified atom stereocenters. The summed E-state index contributed by atoms with van der Waals surface area (Å²) in [7, 11) is 1.28. The van der Waals surface area contributed by atoms with Crippen molar-refractivity contribution in [2.24, 2.45) is 0 Å². The molecule has 1 atom stereocenters. The second-order valence-corrected chi connectivity index (χ2v) is 8.51. The lowest BCUT2D eigenvalue weighted by atomic mass is 10.0. The Labute approximate surface area is 187 Å². The van der Waals surface area contributed by atoms with Crippen molar-refractivity contribution in [1.29, 1.82) is 0 Å². The lowest BCUT2D eigenvalue weighted by Gasteiger charge is -2.20. The van der Waals surface area contributed by atoms with E-state index in [-0.39, 0.29) is 12.3 Å². The second kappa shape index (κ2) is 9.64. The van der Waals surface area contributed by atoms with Crippen LogP contribution in [0, 0.1) is 0 Å². The molecule has 0 heterocycles. The van der Waals surface area contributed by atoms with Crippen molar-refractivity contribution in [1.82, 2.24) is 5.32 Å². The van der Waals surface area contributed by atoms with Crippen LogP contribution in [-0.4, -0.2) is 36.6 Å². The number of ether oxygens (including phenoxy) is 2. The second-order valence-electron chi connectivity index (χ2n) is 8.51. The Hall–Kier alpha value is -3.67. The van der Waals surface area contributed by atoms with Crippen LogP contribution < -0.4 is 5.32 Å². The Morgan fingerprint density at radius 1 is 0.875 bits per heavy atom. The maximum atomic E-state index is 12.8. The summed E-state index contributed by atoms with van der Waals surface area (Å²) in [4.78, 5) is 37.3. The fourth-order valence-corrected chi connectivity index (χ4v) is 3.26. The number of methoxy groups -OCH3 is 1. The van der Waals surface area contributed by atoms with Gasteiger partial charge in [-0.2, -0.15) is 0 Å². The third kappa shape index (κ3) is 5.94. The first-order valence-corrected chi connectivity index (χ1v) is 10.4. The van der Waals surface area contributed by atoms with Crippen molar-refractivity contribution < 1.29 is 23.9 Å². The van der Waals surface area contributed by atoms with Crippen LogP contribution in [0.1, 0.15) is 47.1 Å². The SMILES string of the molecule is COC(=O)[C@H](Cc1ccc(C(=O)OC(C)(C)C)cc1)NC(=O)c1ccc2ccccc2c1. The third-order valence-electron chi connectivity index (χ3n) is 4.83. The first kappa shape index (κ1) is 23.0. The zero-order valence-electron chi connectivity index (χ0n) is 18.7. The molecule has 0 aliphatic rings. The highest BCUT2D eigenvalue weighted by atomic mass is 16.6. The van der Waals surface area contributed by atoms with Crippen molar-refractivity contribution in [2.45, 2.75) is 38.8 Å². The first-order valence-electron chi connectivity index (χ1n) is 10.4. The summed E-state index contributed by atoms with van der Waals surface area (Å²) in [6, 6.07) is 19.0. The van der Waals surface area contributed by atoms with Gasteiger partial charge >= 0.3 is 11.9 Å². The zero-order chi connectivity index (χ0) is 23.3. The minimum Gasteiger partial charge on any atom is -0.467 e. The van der Waals surface area contributed by atoms with Gasteiger partial charge in [0.1, 0.15) is 11.6 Å². The van der Waals surface area contributed by atoms with E-state index in [4.69, 9.17) is 9.47 Å². The minimum atomic E-state index is -0.869. The largest absolute Gasteiger partial charge is 0.467 e. The summed E-state index contributed by atoms with van der Waals surface area (Å²) in [5.41, 5.74) is 1.06. The van der Waals surface area contributed by atoms with Gasteiger partial charge in [0.15, 0.2) is 0 Å². The van der Waals surface area contributed by atoms with Gasteiger partial charge in [-0.25, -0.2) is 9.59 Å². The Bertz CT molecular complexity index is 1130. The van der Waals surface area contributed by atoms with Gasteiger partial charge in [0, 0.05) is 12.0 Å². The van der Waals surface area contributed by atoms with Gasteiger partial charge in [0.25, 0.3) is 5.91 Å². The number of carbonyl (C=O) groups is 3. The van der Waals surface area contributed by atoms with Gasteiger partial charge in [0.05, 0.1) is 12.7 Å². The number of amides is 1. The maximum absolute atomic E-state index is 12.8. The fourth-order valence-electron chi connectivity index (χ4n) is 3.26. The van der Waals surface area contributed by atoms with E-state index in [1.54, 1.807) is 57.2 Å². The monoisotopic (exact) mass is 433 g/mol. The molecule has 3 rings (SSSR count). The van der Waals surface area contributed by atoms with Crippen LogP contribution in [0.4, 0.5) is 0 Å². The molecule has 1 N–H and O–H groups in total. The van der Waals surface area contributed by atoms with Crippen LogP contribution in [0.25, 0.3) is 10.8 Å². The number of fused-ring (bicyclic) bond motifs is 1. The van der Waals surface area contributed by atoms with E-state index in [1.165, 1.54) is 7.11 Å². The number of hydrogen-bond donors (Lipinski definition) is 1. The van der Waals surface area contributed by atoms with E-state index >= 15 is 0 Å². The smallest absolute Gasteiger partial charge is 0.338 e. The van der Waals surface area contributed by atoms with Gasteiger partial charge in [-0.3, -0.25) is 4.79 Å². The molecule has 0 saturated heterocycles. The molecule has 6 heteroatoms. The predicted octanol–water partition coefficient (Wildman–Crippen LogP) is 4.31. The van der Waals surface area contributed by atoms with Crippen LogP contribution in [-0.2, 0) is 20.7 Å². The standard InChI is InChI=1S/C26H27NO5/c1-26(2,3)32-24(29)19-11-9-17(10-12-19)15-22(25(30)31-4)27-23(28)21-14-13-18-7-5-6-8-20(18)16-21/h5-14,16,22H,15H2,1-4H3,(H,27,28)/t22-/m0/s1. The van der Waals surface area contributed by atoms with Gasteiger partial charge in [0.2, 0.25) is 0 Å². The van der Waals surface area contributed by atoms with E-state index in [2.05, 4.69) is 5.32 Å². The minimum absolute atomic E-state index is 0.223. The van der Waals surface area contributed by atoms with Crippen molar-refractivity contribution in [3.63, 3.8) is 0 Å². The maximum Gasteiger partial charge on any atom is 0.338 e. The van der Waals surface area contributed by atoms with Crippen molar-refractivity contribution in [2.75, 3.05) is 7.11 Å². The van der Waals surface area contributed by atoms with Crippen LogP contribution in [0.15, 0.2) is 66.7 Å². The van der Waals surface area contributed by atoms with E-state index in [0.29, 0.717) is 11.1 Å². The van der Waals surface area contributed by atoms with E-state index in [0.717, 1.165) is 16.3 Å². The van der Waals surface area contributed by atoms with Crippen molar-refractivity contribution in [3.05, 3.63) is 83.4 Å². The average molecular weight is 434 g/mol. The van der Waals surface area contributed by atoms with Gasteiger partial charge < -0.3 is 14.8 Å². The fraction of sp³-hybridized carbons (Fsp3) is 0.269. The summed E-state index contributed by atoms with van der Waals surface area (Å²) in [5, 5.41) is 4.72. The van der Waals surface area contributed by atoms with E-state index in [9.17, 15) is 14.4 Å². The molecule has 0 radical (unpaired) electrons. The molecule has 3 aromatic rings. The summed E-state index contributed by atoms with van der Waals surface area (Å²) < 4.78 is 10.2. The molecule has 1 amide bonds. The van der Waals surface area contributed by atoms with Crippen LogP contribution in [0.2, 0.25) is 0 Å². The summed E-state index contributed by atoms with van der Waals surface area (Å²) in [5.74, 6) is -1.33. The highest BCUT2D eigenvalue weighted by Crippen LogP contribution is 2.17. The summed E-state index contributed by atoms with van der Waals surface area (Å²) in [6.45, 7) is 5.41. The highest BCUT2D eigenvalue weighted by Gasteiger charge is 2.23. The molecule has 3 aromatic carbocycles. The van der Waals surface area contributed by atoms with Crippen LogP contribution in [0.5, 0.6) is 0 Å². The lowest BCUT2D eigenvalue weighted by Crippen LogP contribution is -2.43. The molecule has 32 heavy (non-hydrogen) atoms. The Balaban J connectivity index is 1.73. The Kier molecular flexibility index (Phi) is 6.93. The number of nitrogens with one attached hydrogen (secondary N) is 1. The molecule has 0 aliphatic carbocycles. The average Bonchev–Trinajstić information content (AvgIpc) is 2.77. The number of hydrogen-bond acceptors (Lipinski definition) is 5. The number of esters is 2. The summed E-state index contributed by atoms with van der Waals surface area (Å²) in [6.07, 6.45) is 0.223. The van der Waals surface area contributed by atoms with Crippen molar-refractivity contribution in [3.8, 4) is 0 Å². The molecule has 0 spiro atoms.